The molecule has 1 unspecified atom stereocenters. The van der Waals surface area contributed by atoms with E-state index in [-0.39, 0.29) is 24.4 Å². The van der Waals surface area contributed by atoms with E-state index in [9.17, 15) is 9.59 Å². The second kappa shape index (κ2) is 6.47. The predicted molar refractivity (Wildman–Crippen MR) is 76.0 cm³/mol. The number of nitrogens with one attached hydrogen (secondary N) is 2. The first-order chi connectivity index (χ1) is 9.60. The SMILES string of the molecule is CCCNc1ccc(CN2CC(=O)NC(=O)C2C)cn1. The first-order valence-corrected chi connectivity index (χ1v) is 6.86. The number of piperazine rings is 1. The van der Waals surface area contributed by atoms with E-state index in [4.69, 9.17) is 0 Å². The second-order valence-electron chi connectivity index (χ2n) is 4.97. The van der Waals surface area contributed by atoms with Gasteiger partial charge in [-0.25, -0.2) is 4.98 Å². The summed E-state index contributed by atoms with van der Waals surface area (Å²) in [5.74, 6) is 0.355. The minimum atomic E-state index is -0.300. The van der Waals surface area contributed by atoms with Crippen LogP contribution >= 0.6 is 0 Å². The molecule has 0 saturated carbocycles. The van der Waals surface area contributed by atoms with Crippen LogP contribution in [0.5, 0.6) is 0 Å². The lowest BCUT2D eigenvalue weighted by molar-refractivity contribution is -0.139. The Kier molecular flexibility index (Phi) is 4.68. The summed E-state index contributed by atoms with van der Waals surface area (Å²) in [6, 6.07) is 3.58. The molecule has 1 saturated heterocycles. The summed E-state index contributed by atoms with van der Waals surface area (Å²) < 4.78 is 0. The van der Waals surface area contributed by atoms with Crippen LogP contribution in [-0.2, 0) is 16.1 Å². The number of hydrogen-bond donors (Lipinski definition) is 2. The van der Waals surface area contributed by atoms with E-state index >= 15 is 0 Å². The molecule has 0 aromatic carbocycles. The number of pyridine rings is 1. The Hall–Kier alpha value is -1.95. The van der Waals surface area contributed by atoms with Crippen molar-refractivity contribution in [3.05, 3.63) is 23.9 Å². The molecule has 6 nitrogen and oxygen atoms in total. The van der Waals surface area contributed by atoms with Gasteiger partial charge in [0.05, 0.1) is 12.6 Å². The van der Waals surface area contributed by atoms with Gasteiger partial charge in [-0.3, -0.25) is 19.8 Å². The quantitative estimate of drug-likeness (QED) is 0.776. The first kappa shape index (κ1) is 14.5. The van der Waals surface area contributed by atoms with E-state index in [2.05, 4.69) is 22.5 Å². The molecule has 0 spiro atoms. The van der Waals surface area contributed by atoms with Gasteiger partial charge in [-0.2, -0.15) is 0 Å². The van der Waals surface area contributed by atoms with Crippen LogP contribution in [-0.4, -0.2) is 40.8 Å². The van der Waals surface area contributed by atoms with E-state index in [0.717, 1.165) is 24.3 Å². The summed E-state index contributed by atoms with van der Waals surface area (Å²) in [6.07, 6.45) is 2.83. The summed E-state index contributed by atoms with van der Waals surface area (Å²) in [6.45, 7) is 5.57. The fraction of sp³-hybridized carbons (Fsp3) is 0.500. The molecule has 2 rings (SSSR count). The van der Waals surface area contributed by atoms with E-state index in [0.29, 0.717) is 6.54 Å². The Morgan fingerprint density at radius 1 is 1.45 bits per heavy atom. The van der Waals surface area contributed by atoms with Gasteiger partial charge < -0.3 is 5.32 Å². The minimum Gasteiger partial charge on any atom is -0.370 e. The summed E-state index contributed by atoms with van der Waals surface area (Å²) >= 11 is 0. The van der Waals surface area contributed by atoms with Crippen molar-refractivity contribution in [1.82, 2.24) is 15.2 Å². The molecule has 1 aliphatic rings. The number of nitrogens with zero attached hydrogens (tertiary/aromatic N) is 2. The van der Waals surface area contributed by atoms with Gasteiger partial charge in [0.15, 0.2) is 0 Å². The van der Waals surface area contributed by atoms with Crippen molar-refractivity contribution in [3.63, 3.8) is 0 Å². The number of imide groups is 1. The van der Waals surface area contributed by atoms with E-state index in [1.54, 1.807) is 13.1 Å². The van der Waals surface area contributed by atoms with Crippen molar-refractivity contribution >= 4 is 17.6 Å². The van der Waals surface area contributed by atoms with Crippen molar-refractivity contribution < 1.29 is 9.59 Å². The van der Waals surface area contributed by atoms with Crippen LogP contribution in [0.25, 0.3) is 0 Å². The largest absolute Gasteiger partial charge is 0.370 e. The van der Waals surface area contributed by atoms with Gasteiger partial charge in [0.25, 0.3) is 0 Å². The molecule has 1 atom stereocenters. The highest BCUT2D eigenvalue weighted by Crippen LogP contribution is 2.12. The number of rotatable bonds is 5. The predicted octanol–water partition coefficient (Wildman–Crippen LogP) is 0.750. The Morgan fingerprint density at radius 3 is 2.90 bits per heavy atom. The van der Waals surface area contributed by atoms with Crippen LogP contribution in [0.15, 0.2) is 18.3 Å². The van der Waals surface area contributed by atoms with Gasteiger partial charge in [-0.15, -0.1) is 0 Å². The lowest BCUT2D eigenvalue weighted by Gasteiger charge is -2.31. The van der Waals surface area contributed by atoms with Crippen molar-refractivity contribution in [3.8, 4) is 0 Å². The smallest absolute Gasteiger partial charge is 0.243 e. The molecule has 1 aromatic heterocycles. The number of carbonyl (C=O) groups excluding carboxylic acids is 2. The molecule has 108 valence electrons. The van der Waals surface area contributed by atoms with E-state index < -0.39 is 0 Å². The van der Waals surface area contributed by atoms with Crippen molar-refractivity contribution in [1.29, 1.82) is 0 Å². The Balaban J connectivity index is 1.98. The van der Waals surface area contributed by atoms with Gasteiger partial charge in [-0.1, -0.05) is 13.0 Å². The maximum absolute atomic E-state index is 11.6. The number of hydrogen-bond acceptors (Lipinski definition) is 5. The number of carbonyl (C=O) groups is 2. The lowest BCUT2D eigenvalue weighted by Crippen LogP contribution is -2.56. The molecule has 20 heavy (non-hydrogen) atoms. The molecule has 2 N–H and O–H groups in total. The zero-order chi connectivity index (χ0) is 14.5. The third kappa shape index (κ3) is 3.54. The molecule has 0 bridgehead atoms. The van der Waals surface area contributed by atoms with Gasteiger partial charge in [-0.05, 0) is 25.0 Å². The molecule has 0 radical (unpaired) electrons. The van der Waals surface area contributed by atoms with Crippen LogP contribution in [0.4, 0.5) is 5.82 Å². The maximum Gasteiger partial charge on any atom is 0.243 e. The van der Waals surface area contributed by atoms with Crippen LogP contribution in [0.2, 0.25) is 0 Å². The Bertz CT molecular complexity index is 486. The van der Waals surface area contributed by atoms with E-state index in [1.165, 1.54) is 0 Å². The van der Waals surface area contributed by atoms with Crippen molar-refractivity contribution in [2.24, 2.45) is 0 Å². The fourth-order valence-corrected chi connectivity index (χ4v) is 2.07. The van der Waals surface area contributed by atoms with Gasteiger partial charge in [0.1, 0.15) is 5.82 Å². The van der Waals surface area contributed by atoms with Crippen LogP contribution in [0.3, 0.4) is 0 Å². The zero-order valence-corrected chi connectivity index (χ0v) is 11.8. The Labute approximate surface area is 118 Å². The molecule has 1 aromatic rings. The number of amides is 2. The van der Waals surface area contributed by atoms with Crippen LogP contribution in [0.1, 0.15) is 25.8 Å². The second-order valence-corrected chi connectivity index (χ2v) is 4.97. The highest BCUT2D eigenvalue weighted by molar-refractivity contribution is 6.00. The highest BCUT2D eigenvalue weighted by atomic mass is 16.2. The molecule has 2 amide bonds. The first-order valence-electron chi connectivity index (χ1n) is 6.86. The molecule has 0 aliphatic carbocycles. The monoisotopic (exact) mass is 276 g/mol. The molecule has 2 heterocycles. The number of anilines is 1. The summed E-state index contributed by atoms with van der Waals surface area (Å²) in [5.41, 5.74) is 0.987. The third-order valence-corrected chi connectivity index (χ3v) is 3.30. The molecular formula is C14H20N4O2. The fourth-order valence-electron chi connectivity index (χ4n) is 2.07. The summed E-state index contributed by atoms with van der Waals surface area (Å²) in [7, 11) is 0. The third-order valence-electron chi connectivity index (χ3n) is 3.30. The average Bonchev–Trinajstić information content (AvgIpc) is 2.43. The van der Waals surface area contributed by atoms with E-state index in [1.807, 2.05) is 17.0 Å². The standard InChI is InChI=1S/C14H20N4O2/c1-3-6-15-12-5-4-11(7-16-12)8-18-9-13(19)17-14(20)10(18)2/h4-5,7,10H,3,6,8-9H2,1-2H3,(H,15,16)(H,17,19,20). The molecule has 6 heteroatoms. The van der Waals surface area contributed by atoms with Crippen molar-refractivity contribution in [2.45, 2.75) is 32.9 Å². The topological polar surface area (TPSA) is 74.3 Å². The van der Waals surface area contributed by atoms with Gasteiger partial charge in [0, 0.05) is 19.3 Å². The normalized spacial score (nSPS) is 19.8. The lowest BCUT2D eigenvalue weighted by atomic mass is 10.1. The minimum absolute atomic E-state index is 0.239. The number of aromatic nitrogens is 1. The molecule has 1 aliphatic heterocycles. The molecule has 1 fully saturated rings. The van der Waals surface area contributed by atoms with Gasteiger partial charge >= 0.3 is 0 Å². The zero-order valence-electron chi connectivity index (χ0n) is 11.8. The summed E-state index contributed by atoms with van der Waals surface area (Å²) in [4.78, 5) is 29.1. The highest BCUT2D eigenvalue weighted by Gasteiger charge is 2.29. The van der Waals surface area contributed by atoms with Crippen LogP contribution in [0, 0.1) is 0 Å². The average molecular weight is 276 g/mol. The maximum atomic E-state index is 11.6. The molecular weight excluding hydrogens is 256 g/mol. The Morgan fingerprint density at radius 2 is 2.25 bits per heavy atom. The summed E-state index contributed by atoms with van der Waals surface area (Å²) in [5, 5.41) is 5.54. The van der Waals surface area contributed by atoms with Crippen LogP contribution < -0.4 is 10.6 Å². The van der Waals surface area contributed by atoms with Gasteiger partial charge in [0.2, 0.25) is 11.8 Å². The van der Waals surface area contributed by atoms with Crippen molar-refractivity contribution in [2.75, 3.05) is 18.4 Å².